The van der Waals surface area contributed by atoms with Crippen molar-refractivity contribution in [3.05, 3.63) is 52.8 Å². The molecule has 1 heterocycles. The van der Waals surface area contributed by atoms with Gasteiger partial charge < -0.3 is 14.8 Å². The van der Waals surface area contributed by atoms with Crippen LogP contribution in [-0.4, -0.2) is 19.1 Å². The first-order chi connectivity index (χ1) is 10.6. The fourth-order valence-electron chi connectivity index (χ4n) is 2.16. The fourth-order valence-corrected chi connectivity index (χ4v) is 2.32. The van der Waals surface area contributed by atoms with E-state index in [4.69, 9.17) is 21.1 Å². The van der Waals surface area contributed by atoms with Crippen molar-refractivity contribution >= 4 is 23.2 Å². The number of fused-ring (bicyclic) bond motifs is 1. The first kappa shape index (κ1) is 14.7. The molecule has 0 fully saturated rings. The van der Waals surface area contributed by atoms with Crippen LogP contribution < -0.4 is 14.8 Å². The molecule has 114 valence electrons. The van der Waals surface area contributed by atoms with E-state index in [2.05, 4.69) is 5.32 Å². The first-order valence-corrected chi connectivity index (χ1v) is 7.13. The predicted molar refractivity (Wildman–Crippen MR) is 81.2 cm³/mol. The van der Waals surface area contributed by atoms with Gasteiger partial charge in [-0.2, -0.15) is 0 Å². The third-order valence-electron chi connectivity index (χ3n) is 3.19. The van der Waals surface area contributed by atoms with Gasteiger partial charge in [0.05, 0.1) is 6.42 Å². The molecule has 0 aliphatic carbocycles. The van der Waals surface area contributed by atoms with Crippen molar-refractivity contribution in [3.8, 4) is 11.5 Å². The minimum atomic E-state index is -0.496. The molecule has 2 aromatic rings. The second-order valence-corrected chi connectivity index (χ2v) is 5.26. The van der Waals surface area contributed by atoms with Gasteiger partial charge in [0.2, 0.25) is 5.91 Å². The van der Waals surface area contributed by atoms with E-state index in [0.29, 0.717) is 41.0 Å². The number of carbonyl (C=O) groups is 1. The van der Waals surface area contributed by atoms with Crippen LogP contribution in [0.15, 0.2) is 36.4 Å². The second-order valence-electron chi connectivity index (χ2n) is 4.82. The van der Waals surface area contributed by atoms with E-state index in [1.807, 2.05) is 0 Å². The Hall–Kier alpha value is -2.27. The van der Waals surface area contributed by atoms with Crippen LogP contribution in [0.25, 0.3) is 0 Å². The Labute approximate surface area is 131 Å². The number of amides is 1. The summed E-state index contributed by atoms with van der Waals surface area (Å²) >= 11 is 5.68. The molecule has 0 bridgehead atoms. The number of nitrogens with one attached hydrogen (secondary N) is 1. The lowest BCUT2D eigenvalue weighted by molar-refractivity contribution is -0.115. The van der Waals surface area contributed by atoms with Crippen LogP contribution in [0.4, 0.5) is 10.1 Å². The number of anilines is 1. The van der Waals surface area contributed by atoms with Crippen LogP contribution in [0, 0.1) is 5.82 Å². The van der Waals surface area contributed by atoms with Crippen molar-refractivity contribution in [2.45, 2.75) is 6.42 Å². The van der Waals surface area contributed by atoms with E-state index in [0.717, 1.165) is 0 Å². The average molecular weight is 322 g/mol. The standard InChI is InChI=1S/C16H13ClFNO3/c17-11-2-1-10(13(18)8-11)7-16(20)19-12-3-4-14-15(9-12)22-6-5-21-14/h1-4,8-9H,5-7H2,(H,19,20). The summed E-state index contributed by atoms with van der Waals surface area (Å²) in [5.41, 5.74) is 0.864. The lowest BCUT2D eigenvalue weighted by Crippen LogP contribution is -2.17. The van der Waals surface area contributed by atoms with Gasteiger partial charge in [-0.15, -0.1) is 0 Å². The maximum atomic E-state index is 13.7. The maximum Gasteiger partial charge on any atom is 0.228 e. The number of hydrogen-bond acceptors (Lipinski definition) is 3. The summed E-state index contributed by atoms with van der Waals surface area (Å²) in [5.74, 6) is 0.414. The van der Waals surface area contributed by atoms with Crippen LogP contribution in [0.5, 0.6) is 11.5 Å². The van der Waals surface area contributed by atoms with Gasteiger partial charge in [0, 0.05) is 16.8 Å². The van der Waals surface area contributed by atoms with Gasteiger partial charge >= 0.3 is 0 Å². The van der Waals surface area contributed by atoms with Crippen LogP contribution in [0.1, 0.15) is 5.56 Å². The topological polar surface area (TPSA) is 47.6 Å². The SMILES string of the molecule is O=C(Cc1ccc(Cl)cc1F)Nc1ccc2c(c1)OCCO2. The molecule has 6 heteroatoms. The van der Waals surface area contributed by atoms with Crippen molar-refractivity contribution in [2.24, 2.45) is 0 Å². The molecule has 0 atom stereocenters. The molecular formula is C16H13ClFNO3. The molecule has 1 N–H and O–H groups in total. The third kappa shape index (κ3) is 3.31. The largest absolute Gasteiger partial charge is 0.486 e. The number of carbonyl (C=O) groups excluding carboxylic acids is 1. The molecule has 22 heavy (non-hydrogen) atoms. The van der Waals surface area contributed by atoms with Crippen molar-refractivity contribution in [1.29, 1.82) is 0 Å². The minimum Gasteiger partial charge on any atom is -0.486 e. The number of ether oxygens (including phenoxy) is 2. The van der Waals surface area contributed by atoms with E-state index in [1.165, 1.54) is 12.1 Å². The van der Waals surface area contributed by atoms with Crippen LogP contribution in [-0.2, 0) is 11.2 Å². The van der Waals surface area contributed by atoms with Crippen LogP contribution >= 0.6 is 11.6 Å². The van der Waals surface area contributed by atoms with Crippen molar-refractivity contribution in [3.63, 3.8) is 0 Å². The number of benzene rings is 2. The Bertz CT molecular complexity index is 721. The molecule has 0 spiro atoms. The van der Waals surface area contributed by atoms with Crippen LogP contribution in [0.3, 0.4) is 0 Å². The van der Waals surface area contributed by atoms with Gasteiger partial charge in [0.15, 0.2) is 11.5 Å². The van der Waals surface area contributed by atoms with E-state index < -0.39 is 5.82 Å². The highest BCUT2D eigenvalue weighted by molar-refractivity contribution is 6.30. The highest BCUT2D eigenvalue weighted by Crippen LogP contribution is 2.32. The molecular weight excluding hydrogens is 309 g/mol. The summed E-state index contributed by atoms with van der Waals surface area (Å²) in [4.78, 5) is 12.0. The Morgan fingerprint density at radius 1 is 1.14 bits per heavy atom. The van der Waals surface area contributed by atoms with Gasteiger partial charge in [-0.3, -0.25) is 4.79 Å². The van der Waals surface area contributed by atoms with Crippen molar-refractivity contribution < 1.29 is 18.7 Å². The number of rotatable bonds is 3. The summed E-state index contributed by atoms with van der Waals surface area (Å²) in [6.07, 6.45) is -0.0720. The molecule has 0 unspecified atom stereocenters. The molecule has 0 radical (unpaired) electrons. The Morgan fingerprint density at radius 2 is 1.91 bits per heavy atom. The first-order valence-electron chi connectivity index (χ1n) is 6.75. The molecule has 1 aliphatic rings. The maximum absolute atomic E-state index is 13.7. The van der Waals surface area contributed by atoms with E-state index in [1.54, 1.807) is 24.3 Å². The zero-order valence-corrected chi connectivity index (χ0v) is 12.3. The third-order valence-corrected chi connectivity index (χ3v) is 3.43. The molecule has 1 aliphatic heterocycles. The van der Waals surface area contributed by atoms with E-state index in [-0.39, 0.29) is 12.3 Å². The fraction of sp³-hybridized carbons (Fsp3) is 0.188. The van der Waals surface area contributed by atoms with Gasteiger partial charge in [0.1, 0.15) is 19.0 Å². The quantitative estimate of drug-likeness (QED) is 0.942. The summed E-state index contributed by atoms with van der Waals surface area (Å²) in [6.45, 7) is 0.981. The van der Waals surface area contributed by atoms with Gasteiger partial charge in [-0.25, -0.2) is 4.39 Å². The summed E-state index contributed by atoms with van der Waals surface area (Å²) in [6, 6.07) is 9.37. The second kappa shape index (κ2) is 6.23. The predicted octanol–water partition coefficient (Wildman–Crippen LogP) is 3.43. The highest BCUT2D eigenvalue weighted by atomic mass is 35.5. The zero-order chi connectivity index (χ0) is 15.5. The van der Waals surface area contributed by atoms with E-state index in [9.17, 15) is 9.18 Å². The Kier molecular flexibility index (Phi) is 4.15. The Morgan fingerprint density at radius 3 is 2.68 bits per heavy atom. The minimum absolute atomic E-state index is 0.0720. The molecule has 1 amide bonds. The average Bonchev–Trinajstić information content (AvgIpc) is 2.50. The molecule has 3 rings (SSSR count). The van der Waals surface area contributed by atoms with Gasteiger partial charge in [-0.1, -0.05) is 17.7 Å². The van der Waals surface area contributed by atoms with Crippen molar-refractivity contribution in [1.82, 2.24) is 0 Å². The van der Waals surface area contributed by atoms with Crippen LogP contribution in [0.2, 0.25) is 5.02 Å². The lowest BCUT2D eigenvalue weighted by Gasteiger charge is -2.19. The monoisotopic (exact) mass is 321 g/mol. The molecule has 0 saturated carbocycles. The molecule has 0 saturated heterocycles. The zero-order valence-electron chi connectivity index (χ0n) is 11.6. The summed E-state index contributed by atoms with van der Waals surface area (Å²) in [7, 11) is 0. The summed E-state index contributed by atoms with van der Waals surface area (Å²) < 4.78 is 24.5. The number of hydrogen-bond donors (Lipinski definition) is 1. The lowest BCUT2D eigenvalue weighted by atomic mass is 10.1. The van der Waals surface area contributed by atoms with Gasteiger partial charge in [-0.05, 0) is 29.8 Å². The van der Waals surface area contributed by atoms with Gasteiger partial charge in [0.25, 0.3) is 0 Å². The Balaban J connectivity index is 1.69. The normalized spacial score (nSPS) is 12.8. The van der Waals surface area contributed by atoms with Crippen molar-refractivity contribution in [2.75, 3.05) is 18.5 Å². The molecule has 4 nitrogen and oxygen atoms in total. The smallest absolute Gasteiger partial charge is 0.228 e. The molecule has 0 aromatic heterocycles. The molecule has 2 aromatic carbocycles. The summed E-state index contributed by atoms with van der Waals surface area (Å²) in [5, 5.41) is 3.01. The highest BCUT2D eigenvalue weighted by Gasteiger charge is 2.14. The number of halogens is 2. The van der Waals surface area contributed by atoms with E-state index >= 15 is 0 Å².